The van der Waals surface area contributed by atoms with Gasteiger partial charge in [0.25, 0.3) is 0 Å². The molecule has 0 heterocycles. The summed E-state index contributed by atoms with van der Waals surface area (Å²) in [5, 5.41) is -0.948. The Labute approximate surface area is 82.5 Å². The molecule has 0 saturated carbocycles. The number of alkyl halides is 2. The molecule has 0 saturated heterocycles. The summed E-state index contributed by atoms with van der Waals surface area (Å²) in [6.45, 7) is 3.18. The zero-order valence-corrected chi connectivity index (χ0v) is 9.52. The van der Waals surface area contributed by atoms with Gasteiger partial charge in [-0.2, -0.15) is 0 Å². The standard InChI is InChI=1S/C6H15Cl2O3P/c1-5(7)3-12(9,10,11)4-6(2)8/h5-6,9-11H,3-4H2,1-2H3. The van der Waals surface area contributed by atoms with Gasteiger partial charge in [-0.15, -0.1) is 0 Å². The first-order chi connectivity index (χ1) is 5.10. The Morgan fingerprint density at radius 2 is 1.25 bits per heavy atom. The van der Waals surface area contributed by atoms with Crippen molar-refractivity contribution in [2.24, 2.45) is 0 Å². The second-order valence-corrected chi connectivity index (χ2v) is 8.17. The van der Waals surface area contributed by atoms with Crippen LogP contribution in [0.1, 0.15) is 13.8 Å². The zero-order valence-electron chi connectivity index (χ0n) is 7.11. The van der Waals surface area contributed by atoms with Crippen molar-refractivity contribution in [3.63, 3.8) is 0 Å². The monoisotopic (exact) mass is 236 g/mol. The van der Waals surface area contributed by atoms with E-state index in [1.54, 1.807) is 13.8 Å². The van der Waals surface area contributed by atoms with E-state index in [4.69, 9.17) is 23.2 Å². The Morgan fingerprint density at radius 3 is 1.42 bits per heavy atom. The van der Waals surface area contributed by atoms with Crippen LogP contribution in [-0.4, -0.2) is 37.8 Å². The van der Waals surface area contributed by atoms with Gasteiger partial charge in [0, 0.05) is 0 Å². The van der Waals surface area contributed by atoms with Gasteiger partial charge in [-0.3, -0.25) is 0 Å². The van der Waals surface area contributed by atoms with E-state index in [2.05, 4.69) is 0 Å². The van der Waals surface area contributed by atoms with Crippen molar-refractivity contribution in [1.29, 1.82) is 0 Å². The average Bonchev–Trinajstić information content (AvgIpc) is 1.49. The van der Waals surface area contributed by atoms with Crippen molar-refractivity contribution in [1.82, 2.24) is 0 Å². The summed E-state index contributed by atoms with van der Waals surface area (Å²) < 4.78 is 0. The summed E-state index contributed by atoms with van der Waals surface area (Å²) in [7, 11) is -4.56. The number of halogens is 2. The minimum absolute atomic E-state index is 0.204. The molecule has 0 aromatic heterocycles. The van der Waals surface area contributed by atoms with Crippen LogP contribution in [0.4, 0.5) is 0 Å². The quantitative estimate of drug-likeness (QED) is 0.513. The molecular weight excluding hydrogens is 222 g/mol. The SMILES string of the molecule is CC(Cl)CP(O)(O)(O)CC(C)Cl. The maximum atomic E-state index is 9.39. The van der Waals surface area contributed by atoms with Crippen LogP contribution in [-0.2, 0) is 0 Å². The number of rotatable bonds is 4. The molecule has 76 valence electrons. The van der Waals surface area contributed by atoms with Gasteiger partial charge >= 0.3 is 82.1 Å². The molecule has 0 aliphatic rings. The Morgan fingerprint density at radius 1 is 1.00 bits per heavy atom. The predicted molar refractivity (Wildman–Crippen MR) is 53.9 cm³/mol. The third-order valence-electron chi connectivity index (χ3n) is 1.25. The van der Waals surface area contributed by atoms with Crippen LogP contribution in [0, 0.1) is 0 Å². The van der Waals surface area contributed by atoms with E-state index in [0.717, 1.165) is 0 Å². The molecule has 0 aromatic rings. The first-order valence-corrected chi connectivity index (χ1v) is 6.98. The number of hydrogen-bond acceptors (Lipinski definition) is 3. The van der Waals surface area contributed by atoms with E-state index >= 15 is 0 Å². The molecule has 0 aromatic carbocycles. The van der Waals surface area contributed by atoms with Crippen molar-refractivity contribution in [2.75, 3.05) is 12.3 Å². The molecule has 0 aliphatic heterocycles. The van der Waals surface area contributed by atoms with Crippen molar-refractivity contribution in [3.8, 4) is 0 Å². The van der Waals surface area contributed by atoms with Gasteiger partial charge < -0.3 is 0 Å². The molecule has 0 aliphatic carbocycles. The van der Waals surface area contributed by atoms with Crippen LogP contribution >= 0.6 is 30.5 Å². The molecule has 0 rings (SSSR count). The molecule has 0 spiro atoms. The zero-order chi connectivity index (χ0) is 10.0. The van der Waals surface area contributed by atoms with Crippen LogP contribution in [0.2, 0.25) is 0 Å². The van der Waals surface area contributed by atoms with Gasteiger partial charge in [-0.25, -0.2) is 0 Å². The van der Waals surface area contributed by atoms with Gasteiger partial charge in [0.1, 0.15) is 0 Å². The molecule has 0 bridgehead atoms. The molecule has 3 nitrogen and oxygen atoms in total. The van der Waals surface area contributed by atoms with Crippen molar-refractivity contribution >= 4 is 30.5 Å². The molecule has 2 unspecified atom stereocenters. The molecule has 6 heteroatoms. The molecular formula is C6H15Cl2O3P. The Hall–Kier alpha value is 0.890. The van der Waals surface area contributed by atoms with E-state index < -0.39 is 18.0 Å². The van der Waals surface area contributed by atoms with Gasteiger partial charge in [0.15, 0.2) is 0 Å². The van der Waals surface area contributed by atoms with E-state index in [1.165, 1.54) is 0 Å². The van der Waals surface area contributed by atoms with E-state index in [1.807, 2.05) is 0 Å². The molecule has 0 amide bonds. The molecule has 0 radical (unpaired) electrons. The van der Waals surface area contributed by atoms with E-state index in [-0.39, 0.29) is 12.3 Å². The van der Waals surface area contributed by atoms with Crippen LogP contribution in [0.25, 0.3) is 0 Å². The van der Waals surface area contributed by atoms with Crippen LogP contribution in [0.3, 0.4) is 0 Å². The fourth-order valence-corrected chi connectivity index (χ4v) is 5.01. The Balaban J connectivity index is 4.28. The normalized spacial score (nSPS) is 21.1. The van der Waals surface area contributed by atoms with Crippen LogP contribution in [0.5, 0.6) is 0 Å². The van der Waals surface area contributed by atoms with Gasteiger partial charge in [-0.1, -0.05) is 0 Å². The molecule has 3 N–H and O–H groups in total. The third-order valence-corrected chi connectivity index (χ3v) is 4.58. The summed E-state index contributed by atoms with van der Waals surface area (Å²) in [5.41, 5.74) is 0. The average molecular weight is 237 g/mol. The van der Waals surface area contributed by atoms with Gasteiger partial charge in [-0.05, 0) is 0 Å². The summed E-state index contributed by atoms with van der Waals surface area (Å²) >= 11 is 11.1. The second-order valence-electron chi connectivity index (χ2n) is 3.27. The van der Waals surface area contributed by atoms with Crippen LogP contribution < -0.4 is 0 Å². The fourth-order valence-electron chi connectivity index (χ4n) is 1.11. The molecule has 2 atom stereocenters. The summed E-state index contributed by atoms with van der Waals surface area (Å²) in [5.74, 6) is 0. The Bertz CT molecular complexity index is 139. The van der Waals surface area contributed by atoms with Gasteiger partial charge in [0.2, 0.25) is 0 Å². The van der Waals surface area contributed by atoms with Crippen LogP contribution in [0.15, 0.2) is 0 Å². The van der Waals surface area contributed by atoms with E-state index in [0.29, 0.717) is 0 Å². The summed E-state index contributed by atoms with van der Waals surface area (Å²) in [6.07, 6.45) is -0.408. The Kier molecular flexibility index (Phi) is 4.24. The predicted octanol–water partition coefficient (Wildman–Crippen LogP) is 1.52. The van der Waals surface area contributed by atoms with E-state index in [9.17, 15) is 14.7 Å². The fraction of sp³-hybridized carbons (Fsp3) is 1.00. The summed E-state index contributed by atoms with van der Waals surface area (Å²) in [4.78, 5) is 28.2. The van der Waals surface area contributed by atoms with Crippen molar-refractivity contribution in [2.45, 2.75) is 24.6 Å². The second kappa shape index (κ2) is 3.95. The molecule has 0 fully saturated rings. The molecule has 12 heavy (non-hydrogen) atoms. The third kappa shape index (κ3) is 6.41. The van der Waals surface area contributed by atoms with Crippen molar-refractivity contribution in [3.05, 3.63) is 0 Å². The van der Waals surface area contributed by atoms with Gasteiger partial charge in [0.05, 0.1) is 0 Å². The first kappa shape index (κ1) is 12.9. The minimum atomic E-state index is -4.56. The topological polar surface area (TPSA) is 60.7 Å². The van der Waals surface area contributed by atoms with Crippen molar-refractivity contribution < 1.29 is 14.7 Å². The maximum absolute atomic E-state index is 9.39. The summed E-state index contributed by atoms with van der Waals surface area (Å²) in [6, 6.07) is 0. The first-order valence-electron chi connectivity index (χ1n) is 3.64. The number of hydrogen-bond donors (Lipinski definition) is 3.